The average Bonchev–Trinajstić information content (AvgIpc) is 2.25. The number of halogens is 3. The van der Waals surface area contributed by atoms with E-state index in [1.165, 1.54) is 12.1 Å². The lowest BCUT2D eigenvalue weighted by Crippen LogP contribution is -2.23. The van der Waals surface area contributed by atoms with Crippen molar-refractivity contribution in [1.82, 2.24) is 0 Å². The van der Waals surface area contributed by atoms with Crippen LogP contribution in [0.2, 0.25) is 0 Å². The Morgan fingerprint density at radius 2 is 1.67 bits per heavy atom. The van der Waals surface area contributed by atoms with Crippen LogP contribution in [0.4, 0.5) is 18.9 Å². The van der Waals surface area contributed by atoms with Gasteiger partial charge in [0.25, 0.3) is 0 Å². The van der Waals surface area contributed by atoms with Crippen molar-refractivity contribution in [2.75, 3.05) is 19.0 Å². The van der Waals surface area contributed by atoms with Crippen molar-refractivity contribution in [3.05, 3.63) is 24.3 Å². The molecule has 0 unspecified atom stereocenters. The van der Waals surface area contributed by atoms with E-state index in [0.717, 1.165) is 5.69 Å². The van der Waals surface area contributed by atoms with Gasteiger partial charge in [0, 0.05) is 36.7 Å². The summed E-state index contributed by atoms with van der Waals surface area (Å²) in [4.78, 5) is 2.05. The van der Waals surface area contributed by atoms with E-state index in [4.69, 9.17) is 0 Å². The molecule has 0 amide bonds. The maximum absolute atomic E-state index is 12.0. The molecule has 0 N–H and O–H groups in total. The van der Waals surface area contributed by atoms with Gasteiger partial charge >= 0.3 is 15.6 Å². The SMILES string of the molecule is CN(C)c1ccc(SOS(=O)(=O)C(F)(F)F)cc1. The van der Waals surface area contributed by atoms with Gasteiger partial charge in [0.1, 0.15) is 0 Å². The monoisotopic (exact) mass is 301 g/mol. The van der Waals surface area contributed by atoms with Crippen LogP contribution in [0.5, 0.6) is 0 Å². The lowest BCUT2D eigenvalue weighted by molar-refractivity contribution is -0.0494. The number of alkyl halides is 3. The molecule has 4 nitrogen and oxygen atoms in total. The molecule has 0 heterocycles. The van der Waals surface area contributed by atoms with E-state index in [0.29, 0.717) is 0 Å². The van der Waals surface area contributed by atoms with Crippen molar-refractivity contribution in [1.29, 1.82) is 0 Å². The molecule has 0 aliphatic carbocycles. The molecule has 1 aromatic rings. The van der Waals surface area contributed by atoms with Crippen LogP contribution in [0.3, 0.4) is 0 Å². The zero-order chi connectivity index (χ0) is 14.0. The fraction of sp³-hybridized carbons (Fsp3) is 0.333. The molecule has 1 rings (SSSR count). The third-order valence-corrected chi connectivity index (χ3v) is 3.88. The first-order chi connectivity index (χ1) is 8.13. The molecule has 0 aromatic heterocycles. The molecular formula is C9H10F3NO3S2. The summed E-state index contributed by atoms with van der Waals surface area (Å²) in [7, 11) is -1.97. The minimum absolute atomic E-state index is 0.148. The van der Waals surface area contributed by atoms with Gasteiger partial charge in [-0.2, -0.15) is 25.2 Å². The van der Waals surface area contributed by atoms with Gasteiger partial charge in [0.2, 0.25) is 0 Å². The number of nitrogens with zero attached hydrogens (tertiary/aromatic N) is 1. The topological polar surface area (TPSA) is 46.6 Å². The molecular weight excluding hydrogens is 291 g/mol. The molecule has 0 aliphatic rings. The van der Waals surface area contributed by atoms with Crippen LogP contribution in [-0.2, 0) is 13.7 Å². The van der Waals surface area contributed by atoms with Gasteiger partial charge in [-0.05, 0) is 24.3 Å². The Labute approximate surface area is 107 Å². The Hall–Kier alpha value is -0.930. The van der Waals surface area contributed by atoms with Crippen LogP contribution < -0.4 is 4.90 Å². The highest BCUT2D eigenvalue weighted by Gasteiger charge is 2.47. The second-order valence-corrected chi connectivity index (χ2v) is 5.99. The minimum atomic E-state index is -5.57. The predicted octanol–water partition coefficient (Wildman–Crippen LogP) is 2.63. The number of anilines is 1. The Morgan fingerprint density at radius 1 is 1.17 bits per heavy atom. The van der Waals surface area contributed by atoms with E-state index in [1.54, 1.807) is 31.1 Å². The molecule has 0 aliphatic heterocycles. The smallest absolute Gasteiger partial charge is 0.378 e. The van der Waals surface area contributed by atoms with Crippen molar-refractivity contribution in [3.8, 4) is 0 Å². The number of hydrogen-bond donors (Lipinski definition) is 0. The lowest BCUT2D eigenvalue weighted by Gasteiger charge is -2.12. The summed E-state index contributed by atoms with van der Waals surface area (Å²) >= 11 is 0.148. The molecule has 102 valence electrons. The Morgan fingerprint density at radius 3 is 2.06 bits per heavy atom. The van der Waals surface area contributed by atoms with Crippen LogP contribution in [0, 0.1) is 0 Å². The van der Waals surface area contributed by atoms with Crippen LogP contribution in [0.1, 0.15) is 0 Å². The van der Waals surface area contributed by atoms with E-state index < -0.39 is 15.6 Å². The molecule has 0 atom stereocenters. The molecule has 0 bridgehead atoms. The van der Waals surface area contributed by atoms with Gasteiger partial charge < -0.3 is 4.90 Å². The first kappa shape index (κ1) is 15.1. The largest absolute Gasteiger partial charge is 0.524 e. The van der Waals surface area contributed by atoms with E-state index >= 15 is 0 Å². The average molecular weight is 301 g/mol. The first-order valence-corrected chi connectivity index (χ1v) is 6.73. The molecule has 0 saturated carbocycles. The molecule has 0 radical (unpaired) electrons. The van der Waals surface area contributed by atoms with Gasteiger partial charge in [-0.1, -0.05) is 0 Å². The second-order valence-electron chi connectivity index (χ2n) is 3.44. The van der Waals surface area contributed by atoms with Crippen LogP contribution in [0.25, 0.3) is 0 Å². The predicted molar refractivity (Wildman–Crippen MR) is 62.7 cm³/mol. The summed E-state index contributed by atoms with van der Waals surface area (Å²) in [6, 6.07) is 6.19. The van der Waals surface area contributed by atoms with Gasteiger partial charge in [-0.3, -0.25) is 0 Å². The van der Waals surface area contributed by atoms with Gasteiger partial charge in [0.15, 0.2) is 0 Å². The fourth-order valence-corrected chi connectivity index (χ4v) is 2.15. The van der Waals surface area contributed by atoms with Crippen LogP contribution in [0.15, 0.2) is 29.2 Å². The summed E-state index contributed by atoms with van der Waals surface area (Å²) in [5.74, 6) is 0. The highest BCUT2D eigenvalue weighted by molar-refractivity contribution is 8.04. The van der Waals surface area contributed by atoms with E-state index in [1.807, 2.05) is 0 Å². The highest BCUT2D eigenvalue weighted by atomic mass is 32.3. The third kappa shape index (κ3) is 3.79. The zero-order valence-electron chi connectivity index (χ0n) is 9.43. The Kier molecular flexibility index (Phi) is 4.51. The number of rotatable bonds is 4. The van der Waals surface area contributed by atoms with Crippen molar-refractivity contribution >= 4 is 27.8 Å². The summed E-state index contributed by atoms with van der Waals surface area (Å²) in [6.45, 7) is 0. The molecule has 9 heteroatoms. The second kappa shape index (κ2) is 5.37. The highest BCUT2D eigenvalue weighted by Crippen LogP contribution is 2.31. The molecule has 0 spiro atoms. The normalized spacial score (nSPS) is 12.5. The maximum atomic E-state index is 12.0. The van der Waals surface area contributed by atoms with E-state index in [9.17, 15) is 21.6 Å². The van der Waals surface area contributed by atoms with Crippen molar-refractivity contribution < 1.29 is 25.2 Å². The first-order valence-electron chi connectivity index (χ1n) is 4.58. The molecule has 0 fully saturated rings. The summed E-state index contributed by atoms with van der Waals surface area (Å²) in [6.07, 6.45) is 0. The zero-order valence-corrected chi connectivity index (χ0v) is 11.1. The number of hydrogen-bond acceptors (Lipinski definition) is 5. The number of benzene rings is 1. The summed E-state index contributed by atoms with van der Waals surface area (Å²) in [5, 5.41) is 0. The summed E-state index contributed by atoms with van der Waals surface area (Å²) < 4.78 is 61.0. The van der Waals surface area contributed by atoms with Crippen LogP contribution >= 0.6 is 12.0 Å². The van der Waals surface area contributed by atoms with Crippen molar-refractivity contribution in [3.63, 3.8) is 0 Å². The standard InChI is InChI=1S/C9H10F3NO3S2/c1-13(2)7-3-5-8(6-4-7)17-16-18(14,15)9(10,11)12/h3-6H,1-2H3. The Balaban J connectivity index is 2.71. The Bertz CT molecular complexity index is 497. The molecule has 1 aromatic carbocycles. The van der Waals surface area contributed by atoms with Gasteiger partial charge in [-0.15, -0.1) is 0 Å². The fourth-order valence-electron chi connectivity index (χ4n) is 0.922. The van der Waals surface area contributed by atoms with Crippen molar-refractivity contribution in [2.45, 2.75) is 10.4 Å². The minimum Gasteiger partial charge on any atom is -0.378 e. The third-order valence-electron chi connectivity index (χ3n) is 1.86. The van der Waals surface area contributed by atoms with E-state index in [2.05, 4.69) is 3.63 Å². The van der Waals surface area contributed by atoms with Gasteiger partial charge in [-0.25, -0.2) is 0 Å². The van der Waals surface area contributed by atoms with Crippen LogP contribution in [-0.4, -0.2) is 28.0 Å². The maximum Gasteiger partial charge on any atom is 0.524 e. The molecule has 0 saturated heterocycles. The molecule has 18 heavy (non-hydrogen) atoms. The summed E-state index contributed by atoms with van der Waals surface area (Å²) in [5.41, 5.74) is -4.58. The quantitative estimate of drug-likeness (QED) is 0.632. The van der Waals surface area contributed by atoms with Gasteiger partial charge in [0.05, 0.1) is 0 Å². The van der Waals surface area contributed by atoms with Crippen molar-refractivity contribution in [2.24, 2.45) is 0 Å². The van der Waals surface area contributed by atoms with E-state index in [-0.39, 0.29) is 16.9 Å². The lowest BCUT2D eigenvalue weighted by atomic mass is 10.3.